The molecular formula is C21H29N3O4S. The molecule has 2 N–H and O–H groups in total. The standard InChI is InChI=1S/C21H29N3O4S/c1-15-12-17(6-11-20(15)29(5,25)26)14-24-21(22-3)23-13-16(2)28-19-9-7-18(27-4)8-10-19/h6-12,16H,13-14H2,1-5H3,(H2,22,23,24). The first kappa shape index (κ1) is 22.5. The van der Waals surface area contributed by atoms with Crippen LogP contribution in [0.3, 0.4) is 0 Å². The molecule has 1 atom stereocenters. The lowest BCUT2D eigenvalue weighted by Gasteiger charge is -2.18. The minimum atomic E-state index is -3.21. The summed E-state index contributed by atoms with van der Waals surface area (Å²) in [7, 11) is 0.113. The van der Waals surface area contributed by atoms with Crippen molar-refractivity contribution in [2.24, 2.45) is 4.99 Å². The second-order valence-corrected chi connectivity index (χ2v) is 8.77. The second-order valence-electron chi connectivity index (χ2n) is 6.78. The maximum Gasteiger partial charge on any atom is 0.191 e. The number of nitrogens with zero attached hydrogens (tertiary/aromatic N) is 1. The van der Waals surface area contributed by atoms with Gasteiger partial charge in [0.1, 0.15) is 17.6 Å². The average Bonchev–Trinajstić information content (AvgIpc) is 2.67. The number of ether oxygens (including phenoxy) is 2. The van der Waals surface area contributed by atoms with E-state index in [-0.39, 0.29) is 6.10 Å². The normalized spacial score (nSPS) is 12.9. The Labute approximate surface area is 173 Å². The number of benzene rings is 2. The molecule has 0 saturated carbocycles. The predicted molar refractivity (Wildman–Crippen MR) is 116 cm³/mol. The Morgan fingerprint density at radius 1 is 1.10 bits per heavy atom. The maximum atomic E-state index is 11.7. The van der Waals surface area contributed by atoms with Crippen LogP contribution in [-0.4, -0.2) is 47.4 Å². The molecule has 0 saturated heterocycles. The van der Waals surface area contributed by atoms with Crippen LogP contribution < -0.4 is 20.1 Å². The van der Waals surface area contributed by atoms with Crippen molar-refractivity contribution in [3.8, 4) is 11.5 Å². The van der Waals surface area contributed by atoms with Gasteiger partial charge in [-0.25, -0.2) is 8.42 Å². The van der Waals surface area contributed by atoms with Crippen molar-refractivity contribution in [1.82, 2.24) is 10.6 Å². The molecule has 0 aliphatic carbocycles. The number of rotatable bonds is 8. The van der Waals surface area contributed by atoms with Crippen molar-refractivity contribution < 1.29 is 17.9 Å². The Hall–Kier alpha value is -2.74. The van der Waals surface area contributed by atoms with Crippen LogP contribution in [0.1, 0.15) is 18.1 Å². The Kier molecular flexibility index (Phi) is 7.90. The summed E-state index contributed by atoms with van der Waals surface area (Å²) < 4.78 is 34.5. The van der Waals surface area contributed by atoms with Crippen molar-refractivity contribution in [3.05, 3.63) is 53.6 Å². The number of sulfone groups is 1. The molecular weight excluding hydrogens is 390 g/mol. The smallest absolute Gasteiger partial charge is 0.191 e. The number of hydrogen-bond acceptors (Lipinski definition) is 5. The first-order valence-corrected chi connectivity index (χ1v) is 11.2. The van der Waals surface area contributed by atoms with E-state index >= 15 is 0 Å². The van der Waals surface area contributed by atoms with E-state index in [1.807, 2.05) is 37.3 Å². The third-order valence-electron chi connectivity index (χ3n) is 4.28. The van der Waals surface area contributed by atoms with Gasteiger partial charge >= 0.3 is 0 Å². The molecule has 2 aromatic carbocycles. The summed E-state index contributed by atoms with van der Waals surface area (Å²) in [5.41, 5.74) is 1.71. The fourth-order valence-corrected chi connectivity index (χ4v) is 3.77. The lowest BCUT2D eigenvalue weighted by Crippen LogP contribution is -2.41. The first-order valence-electron chi connectivity index (χ1n) is 9.27. The van der Waals surface area contributed by atoms with Gasteiger partial charge in [-0.1, -0.05) is 12.1 Å². The van der Waals surface area contributed by atoms with Crippen LogP contribution in [0.4, 0.5) is 0 Å². The van der Waals surface area contributed by atoms with Crippen LogP contribution in [-0.2, 0) is 16.4 Å². The van der Waals surface area contributed by atoms with Crippen LogP contribution in [0.25, 0.3) is 0 Å². The molecule has 0 amide bonds. The lowest BCUT2D eigenvalue weighted by molar-refractivity contribution is 0.223. The van der Waals surface area contributed by atoms with E-state index in [2.05, 4.69) is 15.6 Å². The first-order chi connectivity index (χ1) is 13.7. The van der Waals surface area contributed by atoms with E-state index < -0.39 is 9.84 Å². The van der Waals surface area contributed by atoms with Crippen LogP contribution in [0, 0.1) is 6.92 Å². The minimum absolute atomic E-state index is 0.0711. The highest BCUT2D eigenvalue weighted by molar-refractivity contribution is 7.90. The molecule has 158 valence electrons. The zero-order valence-corrected chi connectivity index (χ0v) is 18.3. The van der Waals surface area contributed by atoms with Gasteiger partial charge in [-0.3, -0.25) is 4.99 Å². The third kappa shape index (κ3) is 6.98. The summed E-state index contributed by atoms with van der Waals surface area (Å²) >= 11 is 0. The molecule has 0 fully saturated rings. The van der Waals surface area contributed by atoms with Gasteiger partial charge in [0.2, 0.25) is 0 Å². The summed E-state index contributed by atoms with van der Waals surface area (Å²) in [6.07, 6.45) is 1.15. The van der Waals surface area contributed by atoms with E-state index in [1.165, 1.54) is 6.26 Å². The van der Waals surface area contributed by atoms with Gasteiger partial charge in [-0.15, -0.1) is 0 Å². The van der Waals surface area contributed by atoms with E-state index in [0.29, 0.717) is 23.9 Å². The SMILES string of the molecule is CN=C(NCc1ccc(S(C)(=O)=O)c(C)c1)NCC(C)Oc1ccc(OC)cc1. The van der Waals surface area contributed by atoms with Gasteiger partial charge in [-0.2, -0.15) is 0 Å². The van der Waals surface area contributed by atoms with Gasteiger partial charge in [-0.05, 0) is 55.3 Å². The molecule has 1 unspecified atom stereocenters. The molecule has 0 bridgehead atoms. The zero-order valence-electron chi connectivity index (χ0n) is 17.5. The molecule has 2 aromatic rings. The fourth-order valence-electron chi connectivity index (χ4n) is 2.81. The predicted octanol–water partition coefficient (Wildman–Crippen LogP) is 2.54. The Morgan fingerprint density at radius 2 is 1.76 bits per heavy atom. The maximum absolute atomic E-state index is 11.7. The van der Waals surface area contributed by atoms with Crippen LogP contribution in [0.15, 0.2) is 52.4 Å². The number of aliphatic imine (C=N–C) groups is 1. The number of methoxy groups -OCH3 is 1. The van der Waals surface area contributed by atoms with E-state index in [4.69, 9.17) is 9.47 Å². The highest BCUT2D eigenvalue weighted by Gasteiger charge is 2.11. The van der Waals surface area contributed by atoms with Crippen molar-refractivity contribution in [2.75, 3.05) is 27.0 Å². The summed E-state index contributed by atoms with van der Waals surface area (Å²) in [5, 5.41) is 6.45. The topological polar surface area (TPSA) is 89.0 Å². The second kappa shape index (κ2) is 10.2. The largest absolute Gasteiger partial charge is 0.497 e. The molecule has 0 aliphatic rings. The van der Waals surface area contributed by atoms with Crippen LogP contribution in [0.5, 0.6) is 11.5 Å². The number of nitrogens with one attached hydrogen (secondary N) is 2. The van der Waals surface area contributed by atoms with Gasteiger partial charge in [0, 0.05) is 19.8 Å². The monoisotopic (exact) mass is 419 g/mol. The third-order valence-corrected chi connectivity index (χ3v) is 5.53. The zero-order chi connectivity index (χ0) is 21.4. The Morgan fingerprint density at radius 3 is 2.31 bits per heavy atom. The van der Waals surface area contributed by atoms with Crippen LogP contribution >= 0.6 is 0 Å². The minimum Gasteiger partial charge on any atom is -0.497 e. The summed E-state index contributed by atoms with van der Waals surface area (Å²) in [4.78, 5) is 4.57. The Bertz CT molecular complexity index is 941. The van der Waals surface area contributed by atoms with E-state index in [9.17, 15) is 8.42 Å². The molecule has 29 heavy (non-hydrogen) atoms. The number of guanidine groups is 1. The summed E-state index contributed by atoms with van der Waals surface area (Å²) in [6, 6.07) is 12.8. The lowest BCUT2D eigenvalue weighted by atomic mass is 10.1. The molecule has 0 heterocycles. The molecule has 0 spiro atoms. The van der Waals surface area contributed by atoms with Gasteiger partial charge in [0.15, 0.2) is 15.8 Å². The average molecular weight is 420 g/mol. The molecule has 0 radical (unpaired) electrons. The number of hydrogen-bond donors (Lipinski definition) is 2. The highest BCUT2D eigenvalue weighted by Crippen LogP contribution is 2.18. The van der Waals surface area contributed by atoms with Gasteiger partial charge in [0.05, 0.1) is 18.6 Å². The molecule has 8 heteroatoms. The van der Waals surface area contributed by atoms with E-state index in [0.717, 1.165) is 22.6 Å². The fraction of sp³-hybridized carbons (Fsp3) is 0.381. The molecule has 2 rings (SSSR count). The van der Waals surface area contributed by atoms with Crippen molar-refractivity contribution in [3.63, 3.8) is 0 Å². The van der Waals surface area contributed by atoms with Gasteiger partial charge in [0.25, 0.3) is 0 Å². The summed E-state index contributed by atoms with van der Waals surface area (Å²) in [5.74, 6) is 2.19. The van der Waals surface area contributed by atoms with Crippen molar-refractivity contribution >= 4 is 15.8 Å². The molecule has 0 aliphatic heterocycles. The quantitative estimate of drug-likeness (QED) is 0.505. The van der Waals surface area contributed by atoms with Crippen molar-refractivity contribution in [1.29, 1.82) is 0 Å². The van der Waals surface area contributed by atoms with Crippen LogP contribution in [0.2, 0.25) is 0 Å². The van der Waals surface area contributed by atoms with Gasteiger partial charge < -0.3 is 20.1 Å². The Balaban J connectivity index is 1.85. The summed E-state index contributed by atoms with van der Waals surface area (Å²) in [6.45, 7) is 4.86. The molecule has 7 nitrogen and oxygen atoms in total. The highest BCUT2D eigenvalue weighted by atomic mass is 32.2. The van der Waals surface area contributed by atoms with Crippen molar-refractivity contribution in [2.45, 2.75) is 31.4 Å². The number of aryl methyl sites for hydroxylation is 1. The van der Waals surface area contributed by atoms with E-state index in [1.54, 1.807) is 33.2 Å². The molecule has 0 aromatic heterocycles.